The highest BCUT2D eigenvalue weighted by Gasteiger charge is 2.28. The van der Waals surface area contributed by atoms with Crippen molar-refractivity contribution in [2.45, 2.75) is 54.2 Å². The lowest BCUT2D eigenvalue weighted by Gasteiger charge is -2.31. The molecule has 0 unspecified atom stereocenters. The normalized spacial score (nSPS) is 12.1. The second kappa shape index (κ2) is 10.1. The number of methoxy groups -OCH3 is 1. The Bertz CT molecular complexity index is 1130. The Labute approximate surface area is 202 Å². The summed E-state index contributed by atoms with van der Waals surface area (Å²) in [7, 11) is 3.74. The molecule has 0 N–H and O–H groups in total. The molecule has 2 aromatic heterocycles. The number of halogens is 1. The van der Waals surface area contributed by atoms with Gasteiger partial charge < -0.3 is 14.2 Å². The number of hydrogen-bond donors (Lipinski definition) is 0. The maximum absolute atomic E-state index is 6.34. The third-order valence-electron chi connectivity index (χ3n) is 6.09. The van der Waals surface area contributed by atoms with Gasteiger partial charge in [-0.05, 0) is 30.0 Å². The van der Waals surface area contributed by atoms with Gasteiger partial charge in [-0.1, -0.05) is 52.8 Å². The van der Waals surface area contributed by atoms with E-state index in [0.717, 1.165) is 53.0 Å². The van der Waals surface area contributed by atoms with Crippen molar-refractivity contribution in [1.29, 1.82) is 0 Å². The predicted octanol–water partition coefficient (Wildman–Crippen LogP) is 5.66. The number of imidazole rings is 1. The highest BCUT2D eigenvalue weighted by atomic mass is 35.5. The Hall–Kier alpha value is -2.64. The summed E-state index contributed by atoms with van der Waals surface area (Å²) in [5.41, 5.74) is 4.88. The summed E-state index contributed by atoms with van der Waals surface area (Å²) in [4.78, 5) is 6.97. The Morgan fingerprint density at radius 3 is 2.67 bits per heavy atom. The molecule has 0 amide bonds. The van der Waals surface area contributed by atoms with E-state index < -0.39 is 0 Å². The number of hydrogen-bond acceptors (Lipinski definition) is 5. The Balaban J connectivity index is 0.00000149. The lowest BCUT2D eigenvalue weighted by atomic mass is 9.89. The van der Waals surface area contributed by atoms with E-state index in [4.69, 9.17) is 21.3 Å². The van der Waals surface area contributed by atoms with Crippen molar-refractivity contribution in [2.24, 2.45) is 5.41 Å². The maximum atomic E-state index is 6.34. The van der Waals surface area contributed by atoms with Crippen molar-refractivity contribution < 1.29 is 4.74 Å². The van der Waals surface area contributed by atoms with Crippen molar-refractivity contribution in [1.82, 2.24) is 29.2 Å². The molecule has 0 saturated heterocycles. The van der Waals surface area contributed by atoms with Crippen LogP contribution in [0.1, 0.15) is 58.3 Å². The van der Waals surface area contributed by atoms with Gasteiger partial charge in [-0.15, -0.1) is 10.2 Å². The second-order valence-corrected chi connectivity index (χ2v) is 9.29. The number of fused-ring (bicyclic) bond motifs is 5. The zero-order valence-electron chi connectivity index (χ0n) is 20.8. The second-order valence-electron chi connectivity index (χ2n) is 8.85. The molecule has 8 heteroatoms. The summed E-state index contributed by atoms with van der Waals surface area (Å²) in [5, 5.41) is 9.47. The van der Waals surface area contributed by atoms with Crippen LogP contribution in [-0.2, 0) is 17.9 Å². The number of nitrogens with zero attached hydrogens (tertiary/aromatic N) is 6. The van der Waals surface area contributed by atoms with Crippen LogP contribution in [0.15, 0.2) is 31.1 Å². The van der Waals surface area contributed by atoms with Crippen LogP contribution < -0.4 is 0 Å². The van der Waals surface area contributed by atoms with Crippen LogP contribution >= 0.6 is 11.6 Å². The molecule has 0 atom stereocenters. The van der Waals surface area contributed by atoms with Gasteiger partial charge in [-0.25, -0.2) is 4.98 Å². The van der Waals surface area contributed by atoms with Gasteiger partial charge in [0.05, 0.1) is 23.6 Å². The van der Waals surface area contributed by atoms with Crippen LogP contribution in [0, 0.1) is 5.41 Å². The molecule has 1 aliphatic heterocycles. The molecule has 33 heavy (non-hydrogen) atoms. The fourth-order valence-electron chi connectivity index (χ4n) is 3.99. The highest BCUT2D eigenvalue weighted by molar-refractivity contribution is 6.31. The Morgan fingerprint density at radius 2 is 2.00 bits per heavy atom. The largest absolute Gasteiger partial charge is 0.377 e. The van der Waals surface area contributed by atoms with Crippen LogP contribution in [0.4, 0.5) is 0 Å². The van der Waals surface area contributed by atoms with Crippen LogP contribution in [0.25, 0.3) is 22.8 Å². The summed E-state index contributed by atoms with van der Waals surface area (Å²) in [5.74, 6) is 1.53. The van der Waals surface area contributed by atoms with E-state index in [1.165, 1.54) is 0 Å². The number of aromatic nitrogens is 5. The predicted molar refractivity (Wildman–Crippen MR) is 134 cm³/mol. The topological polar surface area (TPSA) is 61.0 Å². The molecule has 0 saturated carbocycles. The van der Waals surface area contributed by atoms with E-state index >= 15 is 0 Å². The molecule has 7 nitrogen and oxygen atoms in total. The monoisotopic (exact) mass is 470 g/mol. The first-order valence-corrected chi connectivity index (χ1v) is 11.8. The van der Waals surface area contributed by atoms with E-state index in [0.29, 0.717) is 18.2 Å². The average molecular weight is 471 g/mol. The van der Waals surface area contributed by atoms with E-state index in [2.05, 4.69) is 58.6 Å². The molecule has 178 valence electrons. The van der Waals surface area contributed by atoms with Gasteiger partial charge in [0, 0.05) is 31.3 Å². The summed E-state index contributed by atoms with van der Waals surface area (Å²) in [6.07, 6.45) is 2.95. The van der Waals surface area contributed by atoms with Crippen LogP contribution in [-0.4, -0.2) is 49.9 Å². The molecular weight excluding hydrogens is 436 g/mol. The van der Waals surface area contributed by atoms with Gasteiger partial charge in [0.2, 0.25) is 0 Å². The van der Waals surface area contributed by atoms with Crippen molar-refractivity contribution in [3.8, 4) is 17.1 Å². The summed E-state index contributed by atoms with van der Waals surface area (Å²) < 4.78 is 9.54. The minimum atomic E-state index is 0.185. The smallest absolute Gasteiger partial charge is 0.166 e. The number of rotatable bonds is 7. The first kappa shape index (κ1) is 25.0. The van der Waals surface area contributed by atoms with Crippen molar-refractivity contribution >= 4 is 17.3 Å². The molecule has 4 rings (SSSR count). The average Bonchev–Trinajstić information content (AvgIpc) is 3.36. The summed E-state index contributed by atoms with van der Waals surface area (Å²) in [6, 6.07) is 5.81. The van der Waals surface area contributed by atoms with Crippen LogP contribution in [0.3, 0.4) is 0 Å². The molecule has 0 aliphatic carbocycles. The zero-order chi connectivity index (χ0) is 24.3. The van der Waals surface area contributed by atoms with Crippen LogP contribution in [0.5, 0.6) is 0 Å². The quantitative estimate of drug-likeness (QED) is 0.349. The van der Waals surface area contributed by atoms with E-state index in [1.807, 2.05) is 38.4 Å². The van der Waals surface area contributed by atoms with Crippen molar-refractivity contribution in [2.75, 3.05) is 20.7 Å². The minimum absolute atomic E-state index is 0.185. The van der Waals surface area contributed by atoms with E-state index in [1.54, 1.807) is 7.11 Å². The van der Waals surface area contributed by atoms with Crippen molar-refractivity contribution in [3.05, 3.63) is 53.3 Å². The van der Waals surface area contributed by atoms with Crippen molar-refractivity contribution in [3.63, 3.8) is 0 Å². The van der Waals surface area contributed by atoms with Crippen LogP contribution in [0.2, 0.25) is 5.02 Å². The molecule has 0 radical (unpaired) electrons. The Morgan fingerprint density at radius 1 is 1.27 bits per heavy atom. The molecule has 0 fully saturated rings. The first-order chi connectivity index (χ1) is 15.8. The first-order valence-electron chi connectivity index (χ1n) is 11.4. The standard InChI is InChI=1S/C23H29ClN6O.C2H6/c1-7-23(3,4)13-28(5)15(2)21-19-11-29-20(12-31-6)26-27-22(29)17-10-16(24)8-9-18(17)30(19)14-25-21;1-2/h8-10,14H,2,7,11-13H2,1,3-6H3;1-2H3. The zero-order valence-corrected chi connectivity index (χ0v) is 21.6. The maximum Gasteiger partial charge on any atom is 0.166 e. The van der Waals surface area contributed by atoms with Gasteiger partial charge in [-0.2, -0.15) is 0 Å². The molecule has 0 spiro atoms. The molecule has 1 aromatic carbocycles. The molecule has 3 aromatic rings. The minimum Gasteiger partial charge on any atom is -0.377 e. The third kappa shape index (κ3) is 4.84. The number of ether oxygens (including phenoxy) is 1. The van der Waals surface area contributed by atoms with Gasteiger partial charge in [0.25, 0.3) is 0 Å². The van der Waals surface area contributed by atoms with Gasteiger partial charge in [0.1, 0.15) is 18.6 Å². The lowest BCUT2D eigenvalue weighted by Crippen LogP contribution is -2.30. The molecule has 3 heterocycles. The molecular formula is C25H35ClN6O. The summed E-state index contributed by atoms with van der Waals surface area (Å²) >= 11 is 6.34. The highest BCUT2D eigenvalue weighted by Crippen LogP contribution is 2.36. The summed E-state index contributed by atoms with van der Waals surface area (Å²) in [6.45, 7) is 17.0. The number of benzene rings is 1. The fraction of sp³-hybridized carbons (Fsp3) is 0.480. The van der Waals surface area contributed by atoms with E-state index in [-0.39, 0.29) is 5.41 Å². The lowest BCUT2D eigenvalue weighted by molar-refractivity contribution is 0.174. The fourth-order valence-corrected chi connectivity index (χ4v) is 4.16. The SMILES string of the molecule is C=C(c1ncn2c1Cn1c(COC)nnc1-c1cc(Cl)ccc1-2)N(C)CC(C)(C)CC.CC. The van der Waals surface area contributed by atoms with Gasteiger partial charge >= 0.3 is 0 Å². The van der Waals surface area contributed by atoms with E-state index in [9.17, 15) is 0 Å². The molecule has 1 aliphatic rings. The Kier molecular flexibility index (Phi) is 7.65. The van der Waals surface area contributed by atoms with Gasteiger partial charge in [0.15, 0.2) is 11.6 Å². The van der Waals surface area contributed by atoms with Gasteiger partial charge in [-0.3, -0.25) is 4.57 Å². The molecule has 0 bridgehead atoms. The third-order valence-corrected chi connectivity index (χ3v) is 6.33.